The summed E-state index contributed by atoms with van der Waals surface area (Å²) in [6.45, 7) is 2.54. The second-order valence-corrected chi connectivity index (χ2v) is 4.98. The van der Waals surface area contributed by atoms with E-state index < -0.39 is 0 Å². The topological polar surface area (TPSA) is 29.5 Å². The molecule has 0 aromatic heterocycles. The Bertz CT molecular complexity index is 359. The van der Waals surface area contributed by atoms with Gasteiger partial charge < -0.3 is 9.84 Å². The predicted octanol–water partition coefficient (Wildman–Crippen LogP) is 3.05. The van der Waals surface area contributed by atoms with E-state index >= 15 is 0 Å². The monoisotopic (exact) mass is 240 g/mol. The first-order chi connectivity index (χ1) is 7.65. The summed E-state index contributed by atoms with van der Waals surface area (Å²) < 4.78 is 5.67. The highest BCUT2D eigenvalue weighted by atomic mass is 35.5. The van der Waals surface area contributed by atoms with Crippen molar-refractivity contribution in [2.45, 2.75) is 32.3 Å². The number of rotatable bonds is 5. The first-order valence-corrected chi connectivity index (χ1v) is 6.12. The SMILES string of the molecule is CC(O)Cc1ccc(Cl)c(OCC2CC2)c1. The maximum absolute atomic E-state index is 9.32. The molecule has 0 aliphatic heterocycles. The van der Waals surface area contributed by atoms with Crippen molar-refractivity contribution in [1.82, 2.24) is 0 Å². The Labute approximate surface area is 101 Å². The minimum absolute atomic E-state index is 0.336. The molecule has 1 aromatic rings. The van der Waals surface area contributed by atoms with Gasteiger partial charge in [-0.05, 0) is 49.8 Å². The van der Waals surface area contributed by atoms with E-state index in [9.17, 15) is 5.11 Å². The van der Waals surface area contributed by atoms with Gasteiger partial charge in [-0.25, -0.2) is 0 Å². The van der Waals surface area contributed by atoms with Crippen molar-refractivity contribution in [3.63, 3.8) is 0 Å². The Morgan fingerprint density at radius 1 is 1.50 bits per heavy atom. The van der Waals surface area contributed by atoms with E-state index in [2.05, 4.69) is 0 Å². The summed E-state index contributed by atoms with van der Waals surface area (Å²) in [6.07, 6.45) is 2.84. The van der Waals surface area contributed by atoms with Crippen LogP contribution in [-0.2, 0) is 6.42 Å². The molecular weight excluding hydrogens is 224 g/mol. The van der Waals surface area contributed by atoms with Crippen molar-refractivity contribution in [2.75, 3.05) is 6.61 Å². The third kappa shape index (κ3) is 3.39. The zero-order valence-electron chi connectivity index (χ0n) is 9.45. The van der Waals surface area contributed by atoms with Gasteiger partial charge in [-0.3, -0.25) is 0 Å². The van der Waals surface area contributed by atoms with E-state index in [1.165, 1.54) is 12.8 Å². The van der Waals surface area contributed by atoms with Crippen LogP contribution >= 0.6 is 11.6 Å². The van der Waals surface area contributed by atoms with E-state index in [0.717, 1.165) is 23.8 Å². The van der Waals surface area contributed by atoms with Crippen LogP contribution in [0.25, 0.3) is 0 Å². The summed E-state index contributed by atoms with van der Waals surface area (Å²) in [5.41, 5.74) is 1.06. The molecule has 0 bridgehead atoms. The lowest BCUT2D eigenvalue weighted by molar-refractivity contribution is 0.195. The van der Waals surface area contributed by atoms with E-state index in [-0.39, 0.29) is 6.10 Å². The summed E-state index contributed by atoms with van der Waals surface area (Å²) in [7, 11) is 0. The molecule has 1 aromatic carbocycles. The van der Waals surface area contributed by atoms with Gasteiger partial charge in [0.2, 0.25) is 0 Å². The molecule has 1 N–H and O–H groups in total. The number of aliphatic hydroxyl groups is 1. The Morgan fingerprint density at radius 2 is 2.25 bits per heavy atom. The van der Waals surface area contributed by atoms with E-state index in [1.807, 2.05) is 18.2 Å². The van der Waals surface area contributed by atoms with Crippen LogP contribution in [0, 0.1) is 5.92 Å². The fourth-order valence-electron chi connectivity index (χ4n) is 1.62. The molecule has 1 unspecified atom stereocenters. The highest BCUT2D eigenvalue weighted by molar-refractivity contribution is 6.32. The lowest BCUT2D eigenvalue weighted by atomic mass is 10.1. The lowest BCUT2D eigenvalue weighted by Crippen LogP contribution is -2.05. The normalized spacial score (nSPS) is 17.2. The van der Waals surface area contributed by atoms with Crippen molar-refractivity contribution in [3.8, 4) is 5.75 Å². The fraction of sp³-hybridized carbons (Fsp3) is 0.538. The summed E-state index contributed by atoms with van der Waals surface area (Å²) in [6, 6.07) is 5.69. The second-order valence-electron chi connectivity index (χ2n) is 4.57. The molecule has 3 heteroatoms. The third-order valence-electron chi connectivity index (χ3n) is 2.70. The Balaban J connectivity index is 2.02. The molecule has 0 spiro atoms. The number of hydrogen-bond donors (Lipinski definition) is 1. The maximum Gasteiger partial charge on any atom is 0.138 e. The Morgan fingerprint density at radius 3 is 2.88 bits per heavy atom. The molecule has 0 saturated heterocycles. The first-order valence-electron chi connectivity index (χ1n) is 5.74. The van der Waals surface area contributed by atoms with Gasteiger partial charge in [0.25, 0.3) is 0 Å². The number of hydrogen-bond acceptors (Lipinski definition) is 2. The van der Waals surface area contributed by atoms with Crippen LogP contribution in [0.2, 0.25) is 5.02 Å². The summed E-state index contributed by atoms with van der Waals surface area (Å²) in [4.78, 5) is 0. The zero-order valence-corrected chi connectivity index (χ0v) is 10.2. The minimum Gasteiger partial charge on any atom is -0.492 e. The largest absolute Gasteiger partial charge is 0.492 e. The number of benzene rings is 1. The molecule has 16 heavy (non-hydrogen) atoms. The van der Waals surface area contributed by atoms with Gasteiger partial charge in [0.15, 0.2) is 0 Å². The molecule has 2 nitrogen and oxygen atoms in total. The molecule has 2 rings (SSSR count). The quantitative estimate of drug-likeness (QED) is 0.857. The van der Waals surface area contributed by atoms with Gasteiger partial charge in [0, 0.05) is 0 Å². The number of aliphatic hydroxyl groups excluding tert-OH is 1. The van der Waals surface area contributed by atoms with Crippen LogP contribution in [-0.4, -0.2) is 17.8 Å². The highest BCUT2D eigenvalue weighted by Crippen LogP contribution is 2.32. The summed E-state index contributed by atoms with van der Waals surface area (Å²) in [5, 5.41) is 9.97. The standard InChI is InChI=1S/C13H17ClO2/c1-9(15)6-11-4-5-12(14)13(7-11)16-8-10-2-3-10/h4-5,7,9-10,15H,2-3,6,8H2,1H3. The molecule has 1 saturated carbocycles. The predicted molar refractivity (Wildman–Crippen MR) is 65.1 cm³/mol. The van der Waals surface area contributed by atoms with Crippen molar-refractivity contribution >= 4 is 11.6 Å². The van der Waals surface area contributed by atoms with Gasteiger partial charge in [0.1, 0.15) is 5.75 Å². The molecule has 0 amide bonds. The number of ether oxygens (including phenoxy) is 1. The summed E-state index contributed by atoms with van der Waals surface area (Å²) >= 11 is 6.05. The van der Waals surface area contributed by atoms with Crippen LogP contribution in [0.3, 0.4) is 0 Å². The molecule has 88 valence electrons. The van der Waals surface area contributed by atoms with Gasteiger partial charge in [-0.1, -0.05) is 17.7 Å². The van der Waals surface area contributed by atoms with Gasteiger partial charge in [-0.15, -0.1) is 0 Å². The molecule has 0 radical (unpaired) electrons. The fourth-order valence-corrected chi connectivity index (χ4v) is 1.79. The average molecular weight is 241 g/mol. The highest BCUT2D eigenvalue weighted by Gasteiger charge is 2.22. The second kappa shape index (κ2) is 5.07. The molecular formula is C13H17ClO2. The smallest absolute Gasteiger partial charge is 0.138 e. The average Bonchev–Trinajstić information content (AvgIpc) is 3.02. The van der Waals surface area contributed by atoms with E-state index in [1.54, 1.807) is 6.92 Å². The van der Waals surface area contributed by atoms with Crippen LogP contribution < -0.4 is 4.74 Å². The van der Waals surface area contributed by atoms with Crippen molar-refractivity contribution in [3.05, 3.63) is 28.8 Å². The number of halogens is 1. The van der Waals surface area contributed by atoms with E-state index in [0.29, 0.717) is 11.4 Å². The van der Waals surface area contributed by atoms with Crippen molar-refractivity contribution in [2.24, 2.45) is 5.92 Å². The summed E-state index contributed by atoms with van der Waals surface area (Å²) in [5.74, 6) is 1.46. The molecule has 1 atom stereocenters. The lowest BCUT2D eigenvalue weighted by Gasteiger charge is -2.10. The first kappa shape index (κ1) is 11.7. The Hall–Kier alpha value is -0.730. The van der Waals surface area contributed by atoms with E-state index in [4.69, 9.17) is 16.3 Å². The van der Waals surface area contributed by atoms with Crippen LogP contribution in [0.4, 0.5) is 0 Å². The van der Waals surface area contributed by atoms with Gasteiger partial charge >= 0.3 is 0 Å². The zero-order chi connectivity index (χ0) is 11.5. The molecule has 1 fully saturated rings. The maximum atomic E-state index is 9.32. The molecule has 1 aliphatic rings. The molecule has 0 heterocycles. The molecule has 1 aliphatic carbocycles. The Kier molecular flexibility index (Phi) is 3.72. The van der Waals surface area contributed by atoms with Crippen LogP contribution in [0.15, 0.2) is 18.2 Å². The van der Waals surface area contributed by atoms with Crippen LogP contribution in [0.5, 0.6) is 5.75 Å². The van der Waals surface area contributed by atoms with Crippen molar-refractivity contribution in [1.29, 1.82) is 0 Å². The van der Waals surface area contributed by atoms with Gasteiger partial charge in [0.05, 0.1) is 17.7 Å². The van der Waals surface area contributed by atoms with Crippen LogP contribution in [0.1, 0.15) is 25.3 Å². The van der Waals surface area contributed by atoms with Gasteiger partial charge in [-0.2, -0.15) is 0 Å². The minimum atomic E-state index is -0.336. The van der Waals surface area contributed by atoms with Crippen molar-refractivity contribution < 1.29 is 9.84 Å². The third-order valence-corrected chi connectivity index (χ3v) is 3.01.